The predicted molar refractivity (Wildman–Crippen MR) is 76.1 cm³/mol. The predicted octanol–water partition coefficient (Wildman–Crippen LogP) is 3.63. The zero-order valence-electron chi connectivity index (χ0n) is 12.0. The second kappa shape index (κ2) is 5.31. The molecule has 1 saturated heterocycles. The van der Waals surface area contributed by atoms with Crippen LogP contribution in [0.2, 0.25) is 0 Å². The molecule has 1 heterocycles. The van der Waals surface area contributed by atoms with Gasteiger partial charge < -0.3 is 10.1 Å². The van der Waals surface area contributed by atoms with E-state index in [1.807, 2.05) is 0 Å². The maximum absolute atomic E-state index is 5.31. The quantitative estimate of drug-likeness (QED) is 0.877. The second-order valence-corrected chi connectivity index (χ2v) is 5.89. The molecule has 1 fully saturated rings. The first kappa shape index (κ1) is 13.4. The van der Waals surface area contributed by atoms with Gasteiger partial charge in [-0.1, -0.05) is 19.9 Å². The van der Waals surface area contributed by atoms with Crippen LogP contribution in [0.4, 0.5) is 0 Å². The van der Waals surface area contributed by atoms with Gasteiger partial charge in [0.1, 0.15) is 5.75 Å². The molecule has 100 valence electrons. The summed E-state index contributed by atoms with van der Waals surface area (Å²) in [6.45, 7) is 7.94. The average Bonchev–Trinajstić information content (AvgIpc) is 2.77. The summed E-state index contributed by atoms with van der Waals surface area (Å²) in [5.41, 5.74) is 2.98. The van der Waals surface area contributed by atoms with E-state index in [0.29, 0.717) is 5.92 Å². The lowest BCUT2D eigenvalue weighted by atomic mass is 9.79. The molecule has 1 N–H and O–H groups in total. The third kappa shape index (κ3) is 2.54. The normalized spacial score (nSPS) is 23.6. The van der Waals surface area contributed by atoms with Crippen molar-refractivity contribution in [2.75, 3.05) is 13.7 Å². The molecule has 0 radical (unpaired) electrons. The molecule has 2 rings (SSSR count). The minimum atomic E-state index is 0.185. The number of rotatable bonds is 4. The molecule has 0 saturated carbocycles. The highest BCUT2D eigenvalue weighted by Gasteiger charge is 2.36. The first-order chi connectivity index (χ1) is 8.57. The van der Waals surface area contributed by atoms with Crippen molar-refractivity contribution in [3.8, 4) is 5.75 Å². The highest BCUT2D eigenvalue weighted by Crippen LogP contribution is 2.39. The molecule has 2 heteroatoms. The van der Waals surface area contributed by atoms with E-state index < -0.39 is 0 Å². The highest BCUT2D eigenvalue weighted by molar-refractivity contribution is 5.39. The van der Waals surface area contributed by atoms with Crippen LogP contribution in [-0.4, -0.2) is 13.7 Å². The summed E-state index contributed by atoms with van der Waals surface area (Å²) in [7, 11) is 1.73. The Bertz CT molecular complexity index is 406. The van der Waals surface area contributed by atoms with Crippen molar-refractivity contribution in [2.45, 2.75) is 45.6 Å². The van der Waals surface area contributed by atoms with Gasteiger partial charge in [-0.3, -0.25) is 0 Å². The minimum Gasteiger partial charge on any atom is -0.497 e. The van der Waals surface area contributed by atoms with E-state index in [1.54, 1.807) is 7.11 Å². The number of nitrogens with one attached hydrogen (secondary N) is 1. The Morgan fingerprint density at radius 3 is 2.67 bits per heavy atom. The van der Waals surface area contributed by atoms with Gasteiger partial charge in [0, 0.05) is 5.54 Å². The van der Waals surface area contributed by atoms with Gasteiger partial charge in [0.2, 0.25) is 0 Å². The summed E-state index contributed by atoms with van der Waals surface area (Å²) in [6.07, 6.45) is 3.73. The Balaban J connectivity index is 2.36. The number of aryl methyl sites for hydroxylation is 1. The van der Waals surface area contributed by atoms with E-state index in [1.165, 1.54) is 30.4 Å². The fourth-order valence-electron chi connectivity index (χ4n) is 3.32. The maximum atomic E-state index is 5.31. The van der Waals surface area contributed by atoms with E-state index in [4.69, 9.17) is 4.74 Å². The smallest absolute Gasteiger partial charge is 0.119 e. The van der Waals surface area contributed by atoms with Gasteiger partial charge in [-0.05, 0) is 61.9 Å². The summed E-state index contributed by atoms with van der Waals surface area (Å²) in [4.78, 5) is 0. The number of hydrogen-bond acceptors (Lipinski definition) is 2. The van der Waals surface area contributed by atoms with Crippen molar-refractivity contribution >= 4 is 0 Å². The van der Waals surface area contributed by atoms with E-state index in [2.05, 4.69) is 44.3 Å². The van der Waals surface area contributed by atoms with Gasteiger partial charge in [-0.15, -0.1) is 0 Å². The molecule has 0 bridgehead atoms. The van der Waals surface area contributed by atoms with Crippen LogP contribution in [0.1, 0.15) is 44.2 Å². The lowest BCUT2D eigenvalue weighted by Crippen LogP contribution is -2.38. The molecule has 1 aromatic carbocycles. The molecule has 18 heavy (non-hydrogen) atoms. The third-order valence-electron chi connectivity index (χ3n) is 3.95. The van der Waals surface area contributed by atoms with Gasteiger partial charge >= 0.3 is 0 Å². The topological polar surface area (TPSA) is 21.3 Å². The number of ether oxygens (including phenoxy) is 1. The van der Waals surface area contributed by atoms with Gasteiger partial charge in [-0.2, -0.15) is 0 Å². The summed E-state index contributed by atoms with van der Waals surface area (Å²) in [6, 6.07) is 6.48. The molecule has 0 amide bonds. The van der Waals surface area contributed by atoms with Crippen molar-refractivity contribution < 1.29 is 4.74 Å². The lowest BCUT2D eigenvalue weighted by Gasteiger charge is -2.33. The molecule has 0 spiro atoms. The van der Waals surface area contributed by atoms with Crippen molar-refractivity contribution in [3.63, 3.8) is 0 Å². The highest BCUT2D eigenvalue weighted by atomic mass is 16.5. The molecular weight excluding hydrogens is 222 g/mol. The summed E-state index contributed by atoms with van der Waals surface area (Å²) in [5.74, 6) is 1.66. The van der Waals surface area contributed by atoms with Crippen molar-refractivity contribution in [1.29, 1.82) is 0 Å². The summed E-state index contributed by atoms with van der Waals surface area (Å²) >= 11 is 0. The van der Waals surface area contributed by atoms with Crippen LogP contribution >= 0.6 is 0 Å². The first-order valence-electron chi connectivity index (χ1n) is 6.97. The molecule has 2 nitrogen and oxygen atoms in total. The molecule has 1 aliphatic rings. The van der Waals surface area contributed by atoms with Crippen LogP contribution in [0, 0.1) is 12.8 Å². The van der Waals surface area contributed by atoms with E-state index in [9.17, 15) is 0 Å². The van der Waals surface area contributed by atoms with Crippen LogP contribution in [0.5, 0.6) is 5.75 Å². The maximum Gasteiger partial charge on any atom is 0.119 e. The van der Waals surface area contributed by atoms with Gasteiger partial charge in [0.05, 0.1) is 7.11 Å². The van der Waals surface area contributed by atoms with Gasteiger partial charge in [0.25, 0.3) is 0 Å². The zero-order valence-corrected chi connectivity index (χ0v) is 12.0. The standard InChI is InChI=1S/C16H25NO/c1-12(2)11-16(8-5-9-17-16)15-7-6-14(18-4)10-13(15)3/h6-7,10,12,17H,5,8-9,11H2,1-4H3. The molecule has 1 atom stereocenters. The summed E-state index contributed by atoms with van der Waals surface area (Å²) in [5, 5.41) is 3.76. The van der Waals surface area contributed by atoms with Crippen LogP contribution in [0.15, 0.2) is 18.2 Å². The van der Waals surface area contributed by atoms with E-state index >= 15 is 0 Å². The monoisotopic (exact) mass is 247 g/mol. The third-order valence-corrected chi connectivity index (χ3v) is 3.95. The molecule has 1 aliphatic heterocycles. The first-order valence-corrected chi connectivity index (χ1v) is 6.97. The van der Waals surface area contributed by atoms with Crippen LogP contribution in [0.25, 0.3) is 0 Å². The van der Waals surface area contributed by atoms with E-state index in [-0.39, 0.29) is 5.54 Å². The summed E-state index contributed by atoms with van der Waals surface area (Å²) < 4.78 is 5.31. The second-order valence-electron chi connectivity index (χ2n) is 5.89. The van der Waals surface area contributed by atoms with Crippen LogP contribution < -0.4 is 10.1 Å². The fourth-order valence-corrected chi connectivity index (χ4v) is 3.32. The van der Waals surface area contributed by atoms with Crippen molar-refractivity contribution in [2.24, 2.45) is 5.92 Å². The Hall–Kier alpha value is -1.02. The average molecular weight is 247 g/mol. The van der Waals surface area contributed by atoms with Crippen molar-refractivity contribution in [1.82, 2.24) is 5.32 Å². The van der Waals surface area contributed by atoms with Gasteiger partial charge in [0.15, 0.2) is 0 Å². The Kier molecular flexibility index (Phi) is 3.96. The Morgan fingerprint density at radius 1 is 1.39 bits per heavy atom. The molecule has 0 aromatic heterocycles. The Labute approximate surface area is 111 Å². The minimum absolute atomic E-state index is 0.185. The molecular formula is C16H25NO. The largest absolute Gasteiger partial charge is 0.497 e. The molecule has 1 aromatic rings. The van der Waals surface area contributed by atoms with Gasteiger partial charge in [-0.25, -0.2) is 0 Å². The van der Waals surface area contributed by atoms with Crippen molar-refractivity contribution in [3.05, 3.63) is 29.3 Å². The number of hydrogen-bond donors (Lipinski definition) is 1. The molecule has 1 unspecified atom stereocenters. The lowest BCUT2D eigenvalue weighted by molar-refractivity contribution is 0.309. The number of benzene rings is 1. The van der Waals surface area contributed by atoms with Crippen LogP contribution in [0.3, 0.4) is 0 Å². The number of methoxy groups -OCH3 is 1. The Morgan fingerprint density at radius 2 is 2.17 bits per heavy atom. The zero-order chi connectivity index (χ0) is 13.2. The fraction of sp³-hybridized carbons (Fsp3) is 0.625. The van der Waals surface area contributed by atoms with E-state index in [0.717, 1.165) is 12.3 Å². The SMILES string of the molecule is COc1ccc(C2(CC(C)C)CCCN2)c(C)c1. The molecule has 0 aliphatic carbocycles. The van der Waals surface area contributed by atoms with Crippen LogP contribution in [-0.2, 0) is 5.54 Å².